The van der Waals surface area contributed by atoms with Gasteiger partial charge < -0.3 is 15.8 Å². The number of nitrogens with two attached hydrogens (primary N) is 1. The van der Waals surface area contributed by atoms with E-state index in [9.17, 15) is 14.4 Å². The van der Waals surface area contributed by atoms with Crippen LogP contribution in [0, 0.1) is 0 Å². The second-order valence-electron chi connectivity index (χ2n) is 4.06. The molecule has 21 heavy (non-hydrogen) atoms. The summed E-state index contributed by atoms with van der Waals surface area (Å²) in [4.78, 5) is 32.6. The molecule has 112 valence electrons. The molecular weight excluding hydrogens is 276 g/mol. The lowest BCUT2D eigenvalue weighted by Crippen LogP contribution is -2.24. The molecule has 1 rings (SSSR count). The van der Waals surface area contributed by atoms with Gasteiger partial charge in [-0.1, -0.05) is 17.2 Å². The third-order valence-electron chi connectivity index (χ3n) is 2.35. The second-order valence-corrected chi connectivity index (χ2v) is 4.06. The van der Waals surface area contributed by atoms with Crippen molar-refractivity contribution in [3.8, 4) is 0 Å². The van der Waals surface area contributed by atoms with Crippen LogP contribution in [0.2, 0.25) is 0 Å². The highest BCUT2D eigenvalue weighted by molar-refractivity contribution is 5.92. The first-order chi connectivity index (χ1) is 9.99. The van der Waals surface area contributed by atoms with Crippen molar-refractivity contribution >= 4 is 17.9 Å². The first kappa shape index (κ1) is 16.3. The third-order valence-corrected chi connectivity index (χ3v) is 2.35. The molecule has 8 nitrogen and oxygen atoms in total. The summed E-state index contributed by atoms with van der Waals surface area (Å²) in [5.74, 6) is -0.710. The molecule has 0 saturated carbocycles. The summed E-state index contributed by atoms with van der Waals surface area (Å²) in [5, 5.41) is 9.50. The van der Waals surface area contributed by atoms with E-state index in [-0.39, 0.29) is 25.6 Å². The Morgan fingerprint density at radius 3 is 2.48 bits per heavy atom. The number of hydrogen-bond donors (Lipinski definition) is 2. The van der Waals surface area contributed by atoms with Gasteiger partial charge in [0.25, 0.3) is 0 Å². The molecule has 0 aliphatic rings. The molecule has 0 unspecified atom stereocenters. The lowest BCUT2D eigenvalue weighted by molar-refractivity contribution is -0.119. The molecule has 0 fully saturated rings. The lowest BCUT2D eigenvalue weighted by atomic mass is 10.1. The van der Waals surface area contributed by atoms with E-state index in [1.165, 1.54) is 6.92 Å². The van der Waals surface area contributed by atoms with Crippen LogP contribution in [0.5, 0.6) is 0 Å². The van der Waals surface area contributed by atoms with E-state index >= 15 is 0 Å². The average molecular weight is 292 g/mol. The van der Waals surface area contributed by atoms with Gasteiger partial charge in [-0.15, -0.1) is 0 Å². The largest absolute Gasteiger partial charge is 0.452 e. The van der Waals surface area contributed by atoms with Crippen molar-refractivity contribution in [2.45, 2.75) is 13.5 Å². The summed E-state index contributed by atoms with van der Waals surface area (Å²) in [6.07, 6.45) is -0.825. The number of nitrogens with zero attached hydrogens (tertiary/aromatic N) is 2. The molecule has 0 bridgehead atoms. The van der Waals surface area contributed by atoms with Crippen molar-refractivity contribution in [2.24, 2.45) is 16.0 Å². The maximum atomic E-state index is 11.2. The molecule has 0 radical (unpaired) electrons. The SMILES string of the molecule is CC(=O)NCCOC(=O)N=NCc1ccc(C(N)=O)cc1. The smallest absolute Gasteiger partial charge is 0.445 e. The van der Waals surface area contributed by atoms with Crippen LogP contribution >= 0.6 is 0 Å². The Hall–Kier alpha value is -2.77. The molecule has 3 amide bonds. The summed E-state index contributed by atoms with van der Waals surface area (Å²) in [6.45, 7) is 1.81. The zero-order valence-electron chi connectivity index (χ0n) is 11.5. The summed E-state index contributed by atoms with van der Waals surface area (Å²) >= 11 is 0. The van der Waals surface area contributed by atoms with Gasteiger partial charge in [0.1, 0.15) is 6.61 Å². The number of benzene rings is 1. The fourth-order valence-electron chi connectivity index (χ4n) is 1.34. The molecule has 0 aliphatic heterocycles. The Balaban J connectivity index is 2.31. The van der Waals surface area contributed by atoms with Gasteiger partial charge in [0.05, 0.1) is 13.1 Å². The summed E-state index contributed by atoms with van der Waals surface area (Å²) in [7, 11) is 0. The van der Waals surface area contributed by atoms with E-state index in [1.807, 2.05) is 0 Å². The van der Waals surface area contributed by atoms with Crippen LogP contribution in [0.15, 0.2) is 34.5 Å². The minimum atomic E-state index is -0.825. The van der Waals surface area contributed by atoms with Crippen LogP contribution in [0.25, 0.3) is 0 Å². The predicted octanol–water partition coefficient (Wildman–Crippen LogP) is 1.01. The van der Waals surface area contributed by atoms with Gasteiger partial charge in [-0.3, -0.25) is 9.59 Å². The number of azo groups is 1. The number of nitrogens with one attached hydrogen (secondary N) is 1. The molecule has 3 N–H and O–H groups in total. The molecular formula is C13H16N4O4. The summed E-state index contributed by atoms with van der Waals surface area (Å²) in [6, 6.07) is 6.47. The zero-order valence-corrected chi connectivity index (χ0v) is 11.5. The molecule has 1 aromatic rings. The first-order valence-electron chi connectivity index (χ1n) is 6.16. The Kier molecular flexibility index (Phi) is 6.52. The number of carbonyl (C=O) groups excluding carboxylic acids is 3. The van der Waals surface area contributed by atoms with E-state index in [0.29, 0.717) is 5.56 Å². The molecule has 0 aromatic heterocycles. The van der Waals surface area contributed by atoms with Gasteiger partial charge in [-0.2, -0.15) is 5.11 Å². The molecule has 0 saturated heterocycles. The third kappa shape index (κ3) is 6.81. The van der Waals surface area contributed by atoms with Gasteiger partial charge in [0.15, 0.2) is 0 Å². The topological polar surface area (TPSA) is 123 Å². The van der Waals surface area contributed by atoms with Crippen LogP contribution < -0.4 is 11.1 Å². The van der Waals surface area contributed by atoms with Gasteiger partial charge >= 0.3 is 6.09 Å². The molecule has 8 heteroatoms. The fourth-order valence-corrected chi connectivity index (χ4v) is 1.34. The van der Waals surface area contributed by atoms with Gasteiger partial charge in [-0.05, 0) is 17.7 Å². The zero-order chi connectivity index (χ0) is 15.7. The maximum Gasteiger partial charge on any atom is 0.452 e. The summed E-state index contributed by atoms with van der Waals surface area (Å²) < 4.78 is 4.71. The fraction of sp³-hybridized carbons (Fsp3) is 0.308. The highest BCUT2D eigenvalue weighted by atomic mass is 16.5. The number of carbonyl (C=O) groups is 3. The highest BCUT2D eigenvalue weighted by Gasteiger charge is 2.01. The Morgan fingerprint density at radius 2 is 1.90 bits per heavy atom. The second kappa shape index (κ2) is 8.41. The molecule has 0 heterocycles. The highest BCUT2D eigenvalue weighted by Crippen LogP contribution is 2.05. The van der Waals surface area contributed by atoms with Crippen molar-refractivity contribution in [3.05, 3.63) is 35.4 Å². The average Bonchev–Trinajstić information content (AvgIpc) is 2.44. The van der Waals surface area contributed by atoms with E-state index < -0.39 is 12.0 Å². The van der Waals surface area contributed by atoms with Crippen molar-refractivity contribution in [3.63, 3.8) is 0 Å². The van der Waals surface area contributed by atoms with Crippen LogP contribution in [0.1, 0.15) is 22.8 Å². The van der Waals surface area contributed by atoms with E-state index in [4.69, 9.17) is 10.5 Å². The Bertz CT molecular complexity index is 540. The van der Waals surface area contributed by atoms with Gasteiger partial charge in [0, 0.05) is 12.5 Å². The monoisotopic (exact) mass is 292 g/mol. The van der Waals surface area contributed by atoms with Crippen LogP contribution in [0.3, 0.4) is 0 Å². The Labute approximate surface area is 121 Å². The number of primary amides is 1. The number of hydrogen-bond acceptors (Lipinski definition) is 5. The number of rotatable bonds is 6. The normalized spacial score (nSPS) is 10.3. The molecule has 0 aliphatic carbocycles. The van der Waals surface area contributed by atoms with Crippen molar-refractivity contribution in [1.29, 1.82) is 0 Å². The number of ether oxygens (including phenoxy) is 1. The van der Waals surface area contributed by atoms with Gasteiger partial charge in [0.2, 0.25) is 11.8 Å². The molecule has 0 atom stereocenters. The molecule has 1 aromatic carbocycles. The predicted molar refractivity (Wildman–Crippen MR) is 73.6 cm³/mol. The van der Waals surface area contributed by atoms with Crippen LogP contribution in [0.4, 0.5) is 4.79 Å². The van der Waals surface area contributed by atoms with Crippen molar-refractivity contribution in [2.75, 3.05) is 13.2 Å². The van der Waals surface area contributed by atoms with Crippen molar-refractivity contribution in [1.82, 2.24) is 5.32 Å². The van der Waals surface area contributed by atoms with Crippen LogP contribution in [-0.2, 0) is 16.1 Å². The lowest BCUT2D eigenvalue weighted by Gasteiger charge is -2.01. The quantitative estimate of drug-likeness (QED) is 0.599. The van der Waals surface area contributed by atoms with E-state index in [0.717, 1.165) is 5.56 Å². The standard InChI is InChI=1S/C13H16N4O4/c1-9(18)15-6-7-21-13(20)17-16-8-10-2-4-11(5-3-10)12(14)19/h2-5H,6-8H2,1H3,(H2,14,19)(H,15,18). The first-order valence-corrected chi connectivity index (χ1v) is 6.16. The van der Waals surface area contributed by atoms with Gasteiger partial charge in [-0.25, -0.2) is 4.79 Å². The van der Waals surface area contributed by atoms with Crippen LogP contribution in [-0.4, -0.2) is 31.1 Å². The maximum absolute atomic E-state index is 11.2. The van der Waals surface area contributed by atoms with Crippen molar-refractivity contribution < 1.29 is 19.1 Å². The Morgan fingerprint density at radius 1 is 1.24 bits per heavy atom. The van der Waals surface area contributed by atoms with E-state index in [1.54, 1.807) is 24.3 Å². The van der Waals surface area contributed by atoms with E-state index in [2.05, 4.69) is 15.5 Å². The molecule has 0 spiro atoms. The minimum Gasteiger partial charge on any atom is -0.445 e. The number of amides is 3. The minimum absolute atomic E-state index is 0.0325. The summed E-state index contributed by atoms with van der Waals surface area (Å²) in [5.41, 5.74) is 6.28.